The van der Waals surface area contributed by atoms with Gasteiger partial charge in [0.2, 0.25) is 0 Å². The molecular weight excluding hydrogens is 426 g/mol. The first-order valence-corrected chi connectivity index (χ1v) is 11.6. The molecule has 7 heteroatoms. The van der Waals surface area contributed by atoms with Crippen LogP contribution in [0.5, 0.6) is 0 Å². The Balaban J connectivity index is 1.33. The minimum Gasteiger partial charge on any atom is -0.369 e. The van der Waals surface area contributed by atoms with Crippen LogP contribution in [0.15, 0.2) is 72.8 Å². The smallest absolute Gasteiger partial charge is 0.323 e. The van der Waals surface area contributed by atoms with Crippen molar-refractivity contribution < 1.29 is 9.59 Å². The first-order valence-electron chi connectivity index (χ1n) is 11.6. The second-order valence-electron chi connectivity index (χ2n) is 8.40. The molecule has 3 aromatic rings. The number of urea groups is 1. The van der Waals surface area contributed by atoms with Gasteiger partial charge in [0.15, 0.2) is 0 Å². The molecule has 0 spiro atoms. The largest absolute Gasteiger partial charge is 0.369 e. The summed E-state index contributed by atoms with van der Waals surface area (Å²) in [5.74, 6) is -0.187. The van der Waals surface area contributed by atoms with Crippen LogP contribution >= 0.6 is 0 Å². The Hall–Kier alpha value is -3.84. The summed E-state index contributed by atoms with van der Waals surface area (Å²) in [4.78, 5) is 29.8. The maximum absolute atomic E-state index is 12.8. The topological polar surface area (TPSA) is 76.7 Å². The molecule has 0 radical (unpaired) electrons. The van der Waals surface area contributed by atoms with E-state index in [9.17, 15) is 9.59 Å². The minimum absolute atomic E-state index is 0.187. The highest BCUT2D eigenvalue weighted by molar-refractivity contribution is 6.05. The van der Waals surface area contributed by atoms with Gasteiger partial charge < -0.3 is 25.8 Å². The summed E-state index contributed by atoms with van der Waals surface area (Å²) in [5, 5.41) is 8.53. The highest BCUT2D eigenvalue weighted by atomic mass is 16.2. The van der Waals surface area contributed by atoms with Gasteiger partial charge in [0.25, 0.3) is 5.91 Å². The number of carbonyl (C=O) groups excluding carboxylic acids is 2. The van der Waals surface area contributed by atoms with Crippen molar-refractivity contribution in [2.45, 2.75) is 13.8 Å². The van der Waals surface area contributed by atoms with Crippen molar-refractivity contribution >= 4 is 34.7 Å². The fourth-order valence-corrected chi connectivity index (χ4v) is 4.02. The third kappa shape index (κ3) is 5.94. The molecule has 34 heavy (non-hydrogen) atoms. The van der Waals surface area contributed by atoms with Gasteiger partial charge in [-0.15, -0.1) is 0 Å². The van der Waals surface area contributed by atoms with Crippen molar-refractivity contribution in [1.82, 2.24) is 4.90 Å². The van der Waals surface area contributed by atoms with Gasteiger partial charge in [0.1, 0.15) is 0 Å². The number of carbonyl (C=O) groups is 2. The second-order valence-corrected chi connectivity index (χ2v) is 8.40. The Kier molecular flexibility index (Phi) is 7.44. The molecule has 0 aliphatic carbocycles. The molecule has 1 saturated heterocycles. The average Bonchev–Trinajstić information content (AvgIpc) is 2.86. The average molecular weight is 458 g/mol. The maximum atomic E-state index is 12.8. The van der Waals surface area contributed by atoms with Gasteiger partial charge in [-0.1, -0.05) is 25.1 Å². The van der Waals surface area contributed by atoms with E-state index in [4.69, 9.17) is 0 Å². The van der Waals surface area contributed by atoms with Crippen molar-refractivity contribution in [3.05, 3.63) is 83.9 Å². The third-order valence-electron chi connectivity index (χ3n) is 6.08. The van der Waals surface area contributed by atoms with E-state index in [0.717, 1.165) is 44.0 Å². The van der Waals surface area contributed by atoms with Gasteiger partial charge in [0.05, 0.1) is 0 Å². The summed E-state index contributed by atoms with van der Waals surface area (Å²) < 4.78 is 0. The molecule has 1 aliphatic heterocycles. The van der Waals surface area contributed by atoms with Gasteiger partial charge in [-0.3, -0.25) is 4.79 Å². The van der Waals surface area contributed by atoms with Gasteiger partial charge in [-0.05, 0) is 73.6 Å². The van der Waals surface area contributed by atoms with Gasteiger partial charge in [-0.2, -0.15) is 0 Å². The van der Waals surface area contributed by atoms with Crippen molar-refractivity contribution in [2.75, 3.05) is 53.6 Å². The van der Waals surface area contributed by atoms with Crippen LogP contribution in [0.3, 0.4) is 0 Å². The molecule has 0 aromatic heterocycles. The Morgan fingerprint density at radius 1 is 0.794 bits per heavy atom. The molecule has 0 unspecified atom stereocenters. The zero-order chi connectivity index (χ0) is 23.9. The molecule has 0 saturated carbocycles. The number of aryl methyl sites for hydroxylation is 1. The predicted octanol–water partition coefficient (Wildman–Crippen LogP) is 5.03. The fraction of sp³-hybridized carbons (Fsp3) is 0.259. The van der Waals surface area contributed by atoms with Crippen molar-refractivity contribution in [1.29, 1.82) is 0 Å². The molecule has 1 aliphatic rings. The molecule has 3 N–H and O–H groups in total. The summed E-state index contributed by atoms with van der Waals surface area (Å²) in [6.45, 7) is 9.49. The van der Waals surface area contributed by atoms with Crippen LogP contribution in [0.4, 0.5) is 27.5 Å². The highest BCUT2D eigenvalue weighted by Crippen LogP contribution is 2.24. The second kappa shape index (κ2) is 10.9. The molecule has 3 aromatic carbocycles. The lowest BCUT2D eigenvalue weighted by molar-refractivity contribution is 0.102. The minimum atomic E-state index is -0.338. The zero-order valence-corrected chi connectivity index (χ0v) is 19.7. The standard InChI is InChI=1S/C27H31N5O2/c1-3-31-15-17-32(18-16-31)24-13-14-25(20(2)19-24)30-26(33)21-9-11-23(12-10-21)29-27(34)28-22-7-5-4-6-8-22/h4-14,19H,3,15-18H2,1-2H3,(H,30,33)(H2,28,29,34). The summed E-state index contributed by atoms with van der Waals surface area (Å²) in [6.07, 6.45) is 0. The molecule has 7 nitrogen and oxygen atoms in total. The van der Waals surface area contributed by atoms with Crippen LogP contribution in [-0.4, -0.2) is 49.6 Å². The Morgan fingerprint density at radius 2 is 1.44 bits per heavy atom. The molecule has 1 fully saturated rings. The summed E-state index contributed by atoms with van der Waals surface area (Å²) in [6, 6.07) is 21.9. The van der Waals surface area contributed by atoms with Crippen LogP contribution in [0.1, 0.15) is 22.8 Å². The number of hydrogen-bond acceptors (Lipinski definition) is 4. The van der Waals surface area contributed by atoms with Gasteiger partial charge in [0, 0.05) is 54.5 Å². The van der Waals surface area contributed by atoms with E-state index < -0.39 is 0 Å². The lowest BCUT2D eigenvalue weighted by Crippen LogP contribution is -2.46. The number of para-hydroxylation sites is 1. The number of likely N-dealkylation sites (N-methyl/N-ethyl adjacent to an activating group) is 1. The van der Waals surface area contributed by atoms with E-state index >= 15 is 0 Å². The first kappa shape index (κ1) is 23.3. The molecule has 3 amide bonds. The maximum Gasteiger partial charge on any atom is 0.323 e. The Morgan fingerprint density at radius 3 is 2.06 bits per heavy atom. The van der Waals surface area contributed by atoms with Crippen molar-refractivity contribution in [3.8, 4) is 0 Å². The number of nitrogens with zero attached hydrogens (tertiary/aromatic N) is 2. The molecule has 176 valence electrons. The van der Waals surface area contributed by atoms with E-state index in [1.165, 1.54) is 5.69 Å². The SMILES string of the molecule is CCN1CCN(c2ccc(NC(=O)c3ccc(NC(=O)Nc4ccccc4)cc3)c(C)c2)CC1. The predicted molar refractivity (Wildman–Crippen MR) is 139 cm³/mol. The van der Waals surface area contributed by atoms with Gasteiger partial charge in [-0.25, -0.2) is 4.79 Å². The fourth-order valence-electron chi connectivity index (χ4n) is 4.02. The van der Waals surface area contributed by atoms with Crippen LogP contribution in [0.25, 0.3) is 0 Å². The van der Waals surface area contributed by atoms with Crippen LogP contribution in [0.2, 0.25) is 0 Å². The highest BCUT2D eigenvalue weighted by Gasteiger charge is 2.17. The van der Waals surface area contributed by atoms with E-state index in [-0.39, 0.29) is 11.9 Å². The monoisotopic (exact) mass is 457 g/mol. The zero-order valence-electron chi connectivity index (χ0n) is 19.7. The lowest BCUT2D eigenvalue weighted by Gasteiger charge is -2.35. The molecular formula is C27H31N5O2. The van der Waals surface area contributed by atoms with Crippen LogP contribution < -0.4 is 20.9 Å². The van der Waals surface area contributed by atoms with E-state index in [0.29, 0.717) is 16.9 Å². The number of nitrogens with one attached hydrogen (secondary N) is 3. The first-order chi connectivity index (χ1) is 16.5. The number of benzene rings is 3. The third-order valence-corrected chi connectivity index (χ3v) is 6.08. The van der Waals surface area contributed by atoms with Crippen molar-refractivity contribution in [2.24, 2.45) is 0 Å². The van der Waals surface area contributed by atoms with Crippen LogP contribution in [-0.2, 0) is 0 Å². The molecule has 4 rings (SSSR count). The normalized spacial score (nSPS) is 13.9. The molecule has 0 bridgehead atoms. The lowest BCUT2D eigenvalue weighted by atomic mass is 10.1. The van der Waals surface area contributed by atoms with E-state index in [1.54, 1.807) is 24.3 Å². The molecule has 1 heterocycles. The van der Waals surface area contributed by atoms with Gasteiger partial charge >= 0.3 is 6.03 Å². The molecule has 0 atom stereocenters. The van der Waals surface area contributed by atoms with E-state index in [1.807, 2.05) is 43.3 Å². The number of anilines is 4. The van der Waals surface area contributed by atoms with Crippen molar-refractivity contribution in [3.63, 3.8) is 0 Å². The Labute approximate surface area is 200 Å². The summed E-state index contributed by atoms with van der Waals surface area (Å²) >= 11 is 0. The summed E-state index contributed by atoms with van der Waals surface area (Å²) in [7, 11) is 0. The summed E-state index contributed by atoms with van der Waals surface area (Å²) in [5.41, 5.74) is 4.85. The number of piperazine rings is 1. The number of hydrogen-bond donors (Lipinski definition) is 3. The van der Waals surface area contributed by atoms with Crippen LogP contribution in [0, 0.1) is 6.92 Å². The number of rotatable bonds is 6. The quantitative estimate of drug-likeness (QED) is 0.485. The Bertz CT molecular complexity index is 1120. The van der Waals surface area contributed by atoms with E-state index in [2.05, 4.69) is 44.8 Å². The number of amides is 3.